The Labute approximate surface area is 216 Å². The van der Waals surface area contributed by atoms with Crippen LogP contribution in [0.3, 0.4) is 0 Å². The Balaban J connectivity index is 1.77. The first-order valence-electron chi connectivity index (χ1n) is 11.8. The van der Waals surface area contributed by atoms with E-state index in [4.69, 9.17) is 32.7 Å². The van der Waals surface area contributed by atoms with Crippen molar-refractivity contribution in [1.29, 1.82) is 0 Å². The minimum atomic E-state index is -0.582. The number of ketones is 1. The summed E-state index contributed by atoms with van der Waals surface area (Å²) in [7, 11) is 1.63. The van der Waals surface area contributed by atoms with E-state index in [9.17, 15) is 9.59 Å². The molecule has 4 rings (SSSR count). The Morgan fingerprint density at radius 2 is 1.77 bits per heavy atom. The number of halogens is 2. The number of carbonyl (C=O) groups is 2. The van der Waals surface area contributed by atoms with Crippen molar-refractivity contribution in [3.05, 3.63) is 86.2 Å². The van der Waals surface area contributed by atoms with Crippen molar-refractivity contribution in [2.75, 3.05) is 7.11 Å². The van der Waals surface area contributed by atoms with Gasteiger partial charge in [-0.15, -0.1) is 0 Å². The number of methoxy groups -OCH3 is 1. The second-order valence-corrected chi connectivity index (χ2v) is 9.90. The van der Waals surface area contributed by atoms with Crippen LogP contribution in [0.2, 0.25) is 10.0 Å². The summed E-state index contributed by atoms with van der Waals surface area (Å²) >= 11 is 12.5. The molecule has 3 unspecified atom stereocenters. The quantitative estimate of drug-likeness (QED) is 0.435. The summed E-state index contributed by atoms with van der Waals surface area (Å²) in [6.07, 6.45) is 1.45. The Bertz CT molecular complexity index is 1220. The van der Waals surface area contributed by atoms with Crippen LogP contribution in [0.5, 0.6) is 5.75 Å². The van der Waals surface area contributed by atoms with E-state index < -0.39 is 11.9 Å². The zero-order valence-electron chi connectivity index (χ0n) is 20.3. The van der Waals surface area contributed by atoms with Crippen molar-refractivity contribution >= 4 is 35.0 Å². The molecule has 7 heteroatoms. The van der Waals surface area contributed by atoms with Crippen LogP contribution in [0, 0.1) is 0 Å². The first-order chi connectivity index (χ1) is 16.7. The third kappa shape index (κ3) is 5.12. The van der Waals surface area contributed by atoms with E-state index in [1.54, 1.807) is 19.2 Å². The largest absolute Gasteiger partial charge is 0.497 e. The van der Waals surface area contributed by atoms with Crippen LogP contribution < -0.4 is 10.1 Å². The van der Waals surface area contributed by atoms with E-state index in [2.05, 4.69) is 5.32 Å². The van der Waals surface area contributed by atoms with Gasteiger partial charge in [0.15, 0.2) is 5.78 Å². The maximum atomic E-state index is 13.7. The molecule has 5 nitrogen and oxygen atoms in total. The van der Waals surface area contributed by atoms with E-state index in [0.717, 1.165) is 22.6 Å². The molecule has 0 radical (unpaired) electrons. The van der Waals surface area contributed by atoms with Gasteiger partial charge in [0.2, 0.25) is 0 Å². The lowest BCUT2D eigenvalue weighted by molar-refractivity contribution is -0.144. The number of benzene rings is 2. The molecular weight excluding hydrogens is 485 g/mol. The molecule has 1 heterocycles. The number of rotatable bonds is 6. The maximum Gasteiger partial charge on any atom is 0.337 e. The highest BCUT2D eigenvalue weighted by molar-refractivity contribution is 6.42. The molecule has 2 aliphatic rings. The van der Waals surface area contributed by atoms with Crippen molar-refractivity contribution in [1.82, 2.24) is 5.32 Å². The molecule has 35 heavy (non-hydrogen) atoms. The number of nitrogens with one attached hydrogen (secondary N) is 1. The zero-order chi connectivity index (χ0) is 25.3. The van der Waals surface area contributed by atoms with E-state index in [1.165, 1.54) is 0 Å². The minimum absolute atomic E-state index is 0.00280. The number of esters is 1. The number of dihydropyridines is 1. The van der Waals surface area contributed by atoms with Crippen molar-refractivity contribution in [2.24, 2.45) is 0 Å². The fourth-order valence-electron chi connectivity index (χ4n) is 4.78. The summed E-state index contributed by atoms with van der Waals surface area (Å²) in [4.78, 5) is 27.0. The Morgan fingerprint density at radius 1 is 1.09 bits per heavy atom. The third-order valence-electron chi connectivity index (χ3n) is 6.79. The lowest BCUT2D eigenvalue weighted by Crippen LogP contribution is -2.36. The minimum Gasteiger partial charge on any atom is -0.497 e. The average molecular weight is 514 g/mol. The average Bonchev–Trinajstić information content (AvgIpc) is 2.84. The number of allylic oxidation sites excluding steroid dienone is 3. The molecule has 0 aromatic heterocycles. The zero-order valence-corrected chi connectivity index (χ0v) is 21.8. The monoisotopic (exact) mass is 513 g/mol. The molecule has 0 spiro atoms. The molecule has 2 aromatic carbocycles. The van der Waals surface area contributed by atoms with Gasteiger partial charge in [-0.2, -0.15) is 0 Å². The van der Waals surface area contributed by atoms with Crippen molar-refractivity contribution < 1.29 is 19.1 Å². The molecule has 1 aliphatic heterocycles. The summed E-state index contributed by atoms with van der Waals surface area (Å²) in [5.41, 5.74) is 4.34. The molecule has 3 atom stereocenters. The lowest BCUT2D eigenvalue weighted by Gasteiger charge is -2.37. The molecule has 0 amide bonds. The SMILES string of the molecule is CCC(C)OC(=O)C1=C(C)NC2=C(C(=O)CC(c3ccc(OC)cc3)C2)C1c1ccc(Cl)c(Cl)c1. The van der Waals surface area contributed by atoms with Crippen LogP contribution in [-0.4, -0.2) is 25.0 Å². The van der Waals surface area contributed by atoms with Crippen LogP contribution in [0.4, 0.5) is 0 Å². The van der Waals surface area contributed by atoms with Crippen LogP contribution in [0.15, 0.2) is 65.0 Å². The molecule has 1 aliphatic carbocycles. The lowest BCUT2D eigenvalue weighted by atomic mass is 9.71. The van der Waals surface area contributed by atoms with E-state index in [1.807, 2.05) is 51.1 Å². The number of hydrogen-bond donors (Lipinski definition) is 1. The van der Waals surface area contributed by atoms with Crippen molar-refractivity contribution in [3.63, 3.8) is 0 Å². The molecule has 2 aromatic rings. The van der Waals surface area contributed by atoms with Gasteiger partial charge in [0.05, 0.1) is 28.8 Å². The molecule has 0 saturated heterocycles. The predicted octanol–water partition coefficient (Wildman–Crippen LogP) is 6.71. The van der Waals surface area contributed by atoms with E-state index in [0.29, 0.717) is 46.2 Å². The molecular formula is C28H29Cl2NO4. The second-order valence-electron chi connectivity index (χ2n) is 9.09. The van der Waals surface area contributed by atoms with Crippen LogP contribution in [0.1, 0.15) is 63.0 Å². The fraction of sp³-hybridized carbons (Fsp3) is 0.357. The van der Waals surface area contributed by atoms with E-state index >= 15 is 0 Å². The molecule has 1 N–H and O–H groups in total. The van der Waals surface area contributed by atoms with Gasteiger partial charge in [-0.25, -0.2) is 4.79 Å². The summed E-state index contributed by atoms with van der Waals surface area (Å²) in [6.45, 7) is 5.66. The van der Waals surface area contributed by atoms with Gasteiger partial charge >= 0.3 is 5.97 Å². The molecule has 0 bridgehead atoms. The van der Waals surface area contributed by atoms with Gasteiger partial charge < -0.3 is 14.8 Å². The second kappa shape index (κ2) is 10.5. The van der Waals surface area contributed by atoms with Crippen LogP contribution in [-0.2, 0) is 14.3 Å². The van der Waals surface area contributed by atoms with Gasteiger partial charge in [0, 0.05) is 29.3 Å². The van der Waals surface area contributed by atoms with Gasteiger partial charge in [-0.1, -0.05) is 48.3 Å². The fourth-order valence-corrected chi connectivity index (χ4v) is 5.08. The van der Waals surface area contributed by atoms with Gasteiger partial charge in [0.25, 0.3) is 0 Å². The Hall–Kier alpha value is -2.76. The van der Waals surface area contributed by atoms with Crippen molar-refractivity contribution in [3.8, 4) is 5.75 Å². The first-order valence-corrected chi connectivity index (χ1v) is 12.5. The normalized spacial score (nSPS) is 20.8. The Morgan fingerprint density at radius 3 is 2.40 bits per heavy atom. The van der Waals surface area contributed by atoms with Gasteiger partial charge in [-0.05, 0) is 68.0 Å². The number of ether oxygens (including phenoxy) is 2. The topological polar surface area (TPSA) is 64.6 Å². The van der Waals surface area contributed by atoms with Gasteiger partial charge in [-0.3, -0.25) is 4.79 Å². The highest BCUT2D eigenvalue weighted by atomic mass is 35.5. The van der Waals surface area contributed by atoms with E-state index in [-0.39, 0.29) is 17.8 Å². The summed E-state index contributed by atoms with van der Waals surface area (Å²) in [6, 6.07) is 13.1. The predicted molar refractivity (Wildman–Crippen MR) is 138 cm³/mol. The molecule has 184 valence electrons. The highest BCUT2D eigenvalue weighted by Gasteiger charge is 2.41. The smallest absolute Gasteiger partial charge is 0.337 e. The van der Waals surface area contributed by atoms with Crippen LogP contribution >= 0.6 is 23.2 Å². The third-order valence-corrected chi connectivity index (χ3v) is 7.53. The molecule has 0 fully saturated rings. The molecule has 0 saturated carbocycles. The number of hydrogen-bond acceptors (Lipinski definition) is 5. The summed E-state index contributed by atoms with van der Waals surface area (Å²) in [5, 5.41) is 4.16. The number of Topliss-reactive ketones (excluding diaryl/α,β-unsaturated/α-hetero) is 1. The number of carbonyl (C=O) groups excluding carboxylic acids is 2. The standard InChI is InChI=1S/C28H29Cl2NO4/c1-5-15(2)35-28(33)25-16(3)31-23-13-19(17-6-9-20(34-4)10-7-17)14-24(32)27(23)26(25)18-8-11-21(29)22(30)12-18/h6-12,15,19,26,31H,5,13-14H2,1-4H3. The Kier molecular flexibility index (Phi) is 7.58. The highest BCUT2D eigenvalue weighted by Crippen LogP contribution is 2.46. The van der Waals surface area contributed by atoms with Crippen molar-refractivity contribution in [2.45, 2.75) is 58.0 Å². The van der Waals surface area contributed by atoms with Gasteiger partial charge in [0.1, 0.15) is 5.75 Å². The van der Waals surface area contributed by atoms with Crippen LogP contribution in [0.25, 0.3) is 0 Å². The summed E-state index contributed by atoms with van der Waals surface area (Å²) in [5.74, 6) is -0.221. The first kappa shape index (κ1) is 25.3. The maximum absolute atomic E-state index is 13.7. The summed E-state index contributed by atoms with van der Waals surface area (Å²) < 4.78 is 11.0.